The van der Waals surface area contributed by atoms with Gasteiger partial charge in [-0.25, -0.2) is 0 Å². The van der Waals surface area contributed by atoms with Crippen LogP contribution >= 0.6 is 21.6 Å². The highest BCUT2D eigenvalue weighted by Crippen LogP contribution is 2.31. The summed E-state index contributed by atoms with van der Waals surface area (Å²) in [4.78, 5) is 255. The Bertz CT molecular complexity index is 4970. The smallest absolute Gasteiger partial charge is 0.305 e. The number of rotatable bonds is 44. The molecule has 3 saturated heterocycles. The molecule has 3 aromatic carbocycles. The number of guanidine groups is 4. The van der Waals surface area contributed by atoms with Crippen molar-refractivity contribution in [1.82, 2.24) is 100 Å². The number of phenols is 1. The Morgan fingerprint density at radius 1 is 0.527 bits per heavy atom. The number of allylic oxidation sites excluding steroid dienone is 1. The second-order valence-electron chi connectivity index (χ2n) is 36.9. The van der Waals surface area contributed by atoms with Crippen molar-refractivity contribution in [2.24, 2.45) is 46.4 Å². The molecule has 3 aliphatic rings. The minimum absolute atomic E-state index is 0.00442. The SMILES string of the molecule is C=CC[C@H]1CCN2CC(=O)[C@@H](NC(=O)[C@H](CCCNC(=N)N)NC(=O)[C@H](CCCNC(=N)N)NC(C)=O)CSSC[C@@H](C(=O)N[C@@H](CCCNC(=N)N)C(=O)N[C@@H](CCCNC(=N)N)C(N)=O)NC(=O)[C@H](CCCCC)NC(=O)[C@@H]3CCCN3C(=O)[C@H](CC(=O)O)NC(=O)[C@H](Cc3ccc(O)cc3)NC(=O)[C@H](CO)NC(=O)[C@H]([C@@H](C)CC)NC(=O)[C@H](Cc3ccc(-c4ccccc4)cc3)NC(=O)[C@H](CC(C)C)NC(=O)[C@H]12. The van der Waals surface area contributed by atoms with Crippen molar-refractivity contribution in [3.8, 4) is 16.9 Å². The number of primary amides is 1. The van der Waals surface area contributed by atoms with Gasteiger partial charge in [-0.2, -0.15) is 0 Å². The highest BCUT2D eigenvalue weighted by atomic mass is 33.1. The fraction of sp³-hybridized carbons (Fsp3) is 0.573. The van der Waals surface area contributed by atoms with Crippen LogP contribution in [0.2, 0.25) is 0 Å². The van der Waals surface area contributed by atoms with Crippen LogP contribution < -0.4 is 119 Å². The first-order chi connectivity index (χ1) is 69.4. The first kappa shape index (κ1) is 121. The van der Waals surface area contributed by atoms with Gasteiger partial charge >= 0.3 is 5.97 Å². The summed E-state index contributed by atoms with van der Waals surface area (Å²) >= 11 is 0. The third-order valence-corrected chi connectivity index (χ3v) is 27.2. The Labute approximate surface area is 856 Å². The first-order valence-corrected chi connectivity index (χ1v) is 51.6. The van der Waals surface area contributed by atoms with Crippen molar-refractivity contribution in [3.63, 3.8) is 0 Å². The number of carboxylic acid groups (broad SMARTS) is 1. The van der Waals surface area contributed by atoms with Crippen molar-refractivity contribution in [2.45, 2.75) is 267 Å². The predicted molar refractivity (Wildman–Crippen MR) is 549 cm³/mol. The lowest BCUT2D eigenvalue weighted by Crippen LogP contribution is -2.62. The molecule has 0 aromatic heterocycles. The molecule has 3 heterocycles. The fourth-order valence-corrected chi connectivity index (χ4v) is 19.3. The summed E-state index contributed by atoms with van der Waals surface area (Å²) in [5.74, 6) is -21.6. The lowest BCUT2D eigenvalue weighted by Gasteiger charge is -2.31. The van der Waals surface area contributed by atoms with Crippen molar-refractivity contribution in [1.29, 1.82) is 21.6 Å². The van der Waals surface area contributed by atoms with E-state index in [1.807, 2.05) is 37.3 Å². The number of Topliss-reactive ketones (excluding diaryl/α,β-unsaturated/α-hetero) is 1. The van der Waals surface area contributed by atoms with Crippen LogP contribution in [0, 0.1) is 39.4 Å². The molecule has 15 amide bonds. The van der Waals surface area contributed by atoms with Gasteiger partial charge in [0.1, 0.15) is 84.3 Å². The number of nitrogens with one attached hydrogen (secondary N) is 21. The molecule has 0 spiro atoms. The third-order valence-electron chi connectivity index (χ3n) is 24.8. The number of phenolic OH excluding ortho intramolecular Hbond substituents is 1. The van der Waals surface area contributed by atoms with E-state index in [1.54, 1.807) is 62.9 Å². The molecule has 0 unspecified atom stereocenters. The molecule has 804 valence electrons. The van der Waals surface area contributed by atoms with E-state index in [0.29, 0.717) is 18.4 Å². The van der Waals surface area contributed by atoms with Crippen LogP contribution in [-0.4, -0.2) is 304 Å². The summed E-state index contributed by atoms with van der Waals surface area (Å²) in [5.41, 5.74) is 30.5. The number of aliphatic hydroxyl groups excluding tert-OH is 1. The molecular formula is C96H148N28O20S2. The maximum absolute atomic E-state index is 15.9. The number of benzene rings is 3. The van der Waals surface area contributed by atoms with Crippen LogP contribution in [-0.2, 0) is 94.3 Å². The van der Waals surface area contributed by atoms with E-state index in [-0.39, 0.29) is 178 Å². The maximum Gasteiger partial charge on any atom is 0.305 e. The Morgan fingerprint density at radius 2 is 1.01 bits per heavy atom. The van der Waals surface area contributed by atoms with Gasteiger partial charge in [0, 0.05) is 64.0 Å². The molecule has 17 atom stereocenters. The number of carbonyl (C=O) groups is 17. The molecule has 6 rings (SSSR count). The van der Waals surface area contributed by atoms with Crippen LogP contribution in [0.4, 0.5) is 0 Å². The number of nitrogens with two attached hydrogens (primary N) is 5. The van der Waals surface area contributed by atoms with Crippen molar-refractivity contribution >= 4 is 146 Å². The van der Waals surface area contributed by atoms with Gasteiger partial charge in [-0.1, -0.05) is 155 Å². The minimum atomic E-state index is -2.02. The first-order valence-electron chi connectivity index (χ1n) is 49.1. The molecule has 34 N–H and O–H groups in total. The number of carbonyl (C=O) groups excluding carboxylic acids is 16. The number of aliphatic hydroxyl groups is 1. The Hall–Kier alpha value is -13.9. The van der Waals surface area contributed by atoms with Crippen molar-refractivity contribution in [2.75, 3.05) is 63.9 Å². The van der Waals surface area contributed by atoms with Crippen LogP contribution in [0.3, 0.4) is 0 Å². The second-order valence-corrected chi connectivity index (χ2v) is 39.4. The molecule has 3 fully saturated rings. The van der Waals surface area contributed by atoms with E-state index in [0.717, 1.165) is 44.5 Å². The van der Waals surface area contributed by atoms with Crippen LogP contribution in [0.1, 0.15) is 175 Å². The van der Waals surface area contributed by atoms with Gasteiger partial charge < -0.3 is 139 Å². The number of ketones is 1. The summed E-state index contributed by atoms with van der Waals surface area (Å²) in [7, 11) is 1.69. The van der Waals surface area contributed by atoms with E-state index in [1.165, 1.54) is 24.3 Å². The zero-order valence-electron chi connectivity index (χ0n) is 83.5. The van der Waals surface area contributed by atoms with Crippen LogP contribution in [0.5, 0.6) is 5.75 Å². The van der Waals surface area contributed by atoms with Crippen molar-refractivity contribution in [3.05, 3.63) is 103 Å². The Morgan fingerprint density at radius 3 is 1.53 bits per heavy atom. The molecule has 48 nitrogen and oxygen atoms in total. The Balaban J connectivity index is 1.58. The topological polar surface area (TPSA) is 787 Å². The molecule has 0 saturated carbocycles. The van der Waals surface area contributed by atoms with Crippen LogP contribution in [0.25, 0.3) is 11.1 Å². The summed E-state index contributed by atoms with van der Waals surface area (Å²) in [6.45, 7) is 12.0. The van der Waals surface area contributed by atoms with Gasteiger partial charge in [0.15, 0.2) is 29.6 Å². The van der Waals surface area contributed by atoms with Gasteiger partial charge in [-0.3, -0.25) is 108 Å². The van der Waals surface area contributed by atoms with E-state index >= 15 is 52.7 Å². The third kappa shape index (κ3) is 41.7. The monoisotopic (exact) mass is 2080 g/mol. The average Bonchev–Trinajstić information content (AvgIpc) is 1.66. The number of amides is 15. The standard InChI is InChI=1S/C96H148N28O20S2/c1-8-11-13-24-64-83(135)121-73(88(140)113-65(27-18-41-108-95(102)103)81(133)111-62(79(97)131)25-16-39-106-93(98)99)52-146-145-51-72(120-82(134)66(28-19-42-109-96(104)105)112-80(132)63(110-55(7)126)26-17-40-107-94(100)101)75(128)49-123-44-38-60(21-9-2)78(123)91(143)117-67(45-53(4)5)84(136)115-69(46-56-30-34-59(35-31-56)58-22-14-12-15-23-58)86(138)122-77(54(6)10-3)90(142)119-71(50-125)87(139)116-68(47-57-32-36-61(127)37-33-57)85(137)118-70(48-76(129)130)92(144)124-43-20-29-74(124)89(141)114-64/h9,12,14-15,22-23,30-37,53-54,60,62-74,77-78,125,127H,2,8,10-11,13,16-21,24-29,38-52H2,1,3-7H3,(H2,97,131)(H,110,126)(H,111,133)(H,112,132)(H,113,140)(H,114,141)(H,115,136)(H,116,139)(H,117,143)(H,118,137)(H,119,142)(H,120,134)(H,121,135)(H,122,138)(H,129,130)(H4,98,99,106)(H4,100,101,107)(H4,102,103,108)(H4,104,105,109)/t54-,60-,62-,63-,64-,65-,66-,67-,68-,69-,70-,71-,72-,73-,74-,77-,78-/m0/s1. The quantitative estimate of drug-likeness (QED) is 0.00886. The van der Waals surface area contributed by atoms with E-state index in [2.05, 4.69) is 97.0 Å². The lowest BCUT2D eigenvalue weighted by atomic mass is 9.94. The summed E-state index contributed by atoms with van der Waals surface area (Å²) in [6.07, 6.45) is 1.11. The largest absolute Gasteiger partial charge is 0.508 e. The molecule has 0 radical (unpaired) electrons. The maximum atomic E-state index is 15.9. The fourth-order valence-electron chi connectivity index (χ4n) is 16.9. The van der Waals surface area contributed by atoms with Gasteiger partial charge in [0.2, 0.25) is 88.6 Å². The highest BCUT2D eigenvalue weighted by Gasteiger charge is 2.46. The number of aromatic hydroxyl groups is 1. The predicted octanol–water partition coefficient (Wildman–Crippen LogP) is -2.93. The molecule has 146 heavy (non-hydrogen) atoms. The zero-order valence-corrected chi connectivity index (χ0v) is 85.1. The number of aliphatic carboxylic acids is 1. The summed E-state index contributed by atoms with van der Waals surface area (Å²) in [6, 6.07) is -2.21. The molecule has 50 heteroatoms. The molecular weight excluding hydrogens is 1930 g/mol. The molecule has 3 aromatic rings. The van der Waals surface area contributed by atoms with Gasteiger partial charge in [-0.05, 0) is 149 Å². The van der Waals surface area contributed by atoms with Gasteiger partial charge in [0.05, 0.1) is 31.7 Å². The lowest BCUT2D eigenvalue weighted by molar-refractivity contribution is -0.146. The van der Waals surface area contributed by atoms with E-state index in [4.69, 9.17) is 50.3 Å². The number of carboxylic acids is 1. The second kappa shape index (κ2) is 62.7. The Kier molecular flexibility index (Phi) is 51.9. The molecule has 3 aliphatic heterocycles. The number of unbranched alkanes of at least 4 members (excludes halogenated alkanes) is 2. The normalized spacial score (nSPS) is 22.2. The molecule has 0 aliphatic carbocycles. The van der Waals surface area contributed by atoms with E-state index < -0.39 is 252 Å². The van der Waals surface area contributed by atoms with Gasteiger partial charge in [-0.15, -0.1) is 6.58 Å². The number of hydrogen-bond donors (Lipinski definition) is 29. The number of hydrogen-bond acceptors (Lipinski definition) is 26. The number of nitrogens with zero attached hydrogens (tertiary/aromatic N) is 2. The average molecular weight is 2080 g/mol. The summed E-state index contributed by atoms with van der Waals surface area (Å²) in [5, 5.41) is 108. The number of fused-ring (bicyclic) bond motifs is 2. The zero-order chi connectivity index (χ0) is 108. The minimum Gasteiger partial charge on any atom is -0.508 e. The van der Waals surface area contributed by atoms with Crippen molar-refractivity contribution < 1.29 is 96.8 Å². The highest BCUT2D eigenvalue weighted by molar-refractivity contribution is 8.76. The summed E-state index contributed by atoms with van der Waals surface area (Å²) < 4.78 is 0. The van der Waals surface area contributed by atoms with Gasteiger partial charge in [0.25, 0.3) is 0 Å². The molecule has 0 bridgehead atoms. The van der Waals surface area contributed by atoms with E-state index in [9.17, 15) is 44.1 Å². The van der Waals surface area contributed by atoms with Crippen LogP contribution in [0.15, 0.2) is 91.5 Å².